The molecule has 1 heterocycles. The summed E-state index contributed by atoms with van der Waals surface area (Å²) >= 11 is 0. The van der Waals surface area contributed by atoms with Gasteiger partial charge in [0.05, 0.1) is 0 Å². The largest absolute Gasteiger partial charge is 0.296 e. The Morgan fingerprint density at radius 2 is 2.00 bits per heavy atom. The molecule has 2 unspecified atom stereocenters. The highest BCUT2D eigenvalue weighted by Gasteiger charge is 2.39. The van der Waals surface area contributed by atoms with Gasteiger partial charge in [-0.15, -0.1) is 0 Å². The molecule has 2 aliphatic rings. The first kappa shape index (κ1) is 13.3. The highest BCUT2D eigenvalue weighted by molar-refractivity contribution is 4.97. The zero-order valence-corrected chi connectivity index (χ0v) is 11.5. The van der Waals surface area contributed by atoms with Crippen LogP contribution in [0, 0.1) is 5.92 Å². The summed E-state index contributed by atoms with van der Waals surface area (Å²) in [6.07, 6.45) is 9.39. The van der Waals surface area contributed by atoms with Crippen molar-refractivity contribution in [3.8, 4) is 0 Å². The lowest BCUT2D eigenvalue weighted by molar-refractivity contribution is 0.0787. The van der Waals surface area contributed by atoms with Gasteiger partial charge in [0.25, 0.3) is 0 Å². The van der Waals surface area contributed by atoms with Crippen LogP contribution in [0.2, 0.25) is 0 Å². The van der Waals surface area contributed by atoms with E-state index in [1.807, 2.05) is 0 Å². The number of likely N-dealkylation sites (tertiary alicyclic amines) is 1. The van der Waals surface area contributed by atoms with Gasteiger partial charge in [-0.05, 0) is 58.0 Å². The Bertz CT molecular complexity index is 234. The third kappa shape index (κ3) is 3.01. The molecule has 3 heteroatoms. The van der Waals surface area contributed by atoms with Gasteiger partial charge in [0.2, 0.25) is 0 Å². The molecule has 1 aliphatic heterocycles. The van der Waals surface area contributed by atoms with Gasteiger partial charge >= 0.3 is 0 Å². The van der Waals surface area contributed by atoms with E-state index in [0.717, 1.165) is 5.92 Å². The summed E-state index contributed by atoms with van der Waals surface area (Å²) < 4.78 is 0. The first-order chi connectivity index (χ1) is 8.20. The van der Waals surface area contributed by atoms with Crippen molar-refractivity contribution in [3.05, 3.63) is 0 Å². The zero-order valence-electron chi connectivity index (χ0n) is 11.5. The van der Waals surface area contributed by atoms with Crippen LogP contribution in [0.5, 0.6) is 0 Å². The SMILES string of the molecule is CCC(C)(C(CCC1CC1)NN)N1CCCC1. The van der Waals surface area contributed by atoms with E-state index in [4.69, 9.17) is 5.84 Å². The number of rotatable bonds is 7. The Balaban J connectivity index is 1.95. The van der Waals surface area contributed by atoms with E-state index >= 15 is 0 Å². The third-order valence-electron chi connectivity index (χ3n) is 5.06. The van der Waals surface area contributed by atoms with Crippen LogP contribution >= 0.6 is 0 Å². The molecular weight excluding hydrogens is 210 g/mol. The van der Waals surface area contributed by atoms with Gasteiger partial charge in [-0.3, -0.25) is 16.2 Å². The molecule has 2 rings (SSSR count). The van der Waals surface area contributed by atoms with Gasteiger partial charge in [-0.25, -0.2) is 0 Å². The number of nitrogens with zero attached hydrogens (tertiary/aromatic N) is 1. The highest BCUT2D eigenvalue weighted by Crippen LogP contribution is 2.36. The van der Waals surface area contributed by atoms with Crippen LogP contribution in [0.25, 0.3) is 0 Å². The van der Waals surface area contributed by atoms with E-state index < -0.39 is 0 Å². The molecule has 0 aromatic carbocycles. The van der Waals surface area contributed by atoms with Crippen molar-refractivity contribution >= 4 is 0 Å². The summed E-state index contributed by atoms with van der Waals surface area (Å²) in [5.74, 6) is 6.84. The van der Waals surface area contributed by atoms with Crippen LogP contribution in [0.1, 0.15) is 58.8 Å². The maximum absolute atomic E-state index is 5.83. The number of nitrogens with one attached hydrogen (secondary N) is 1. The third-order valence-corrected chi connectivity index (χ3v) is 5.06. The van der Waals surface area contributed by atoms with E-state index in [-0.39, 0.29) is 5.54 Å². The van der Waals surface area contributed by atoms with Crippen LogP contribution < -0.4 is 11.3 Å². The Hall–Kier alpha value is -0.120. The fraction of sp³-hybridized carbons (Fsp3) is 1.00. The Kier molecular flexibility index (Phi) is 4.45. The van der Waals surface area contributed by atoms with Crippen LogP contribution in [0.15, 0.2) is 0 Å². The topological polar surface area (TPSA) is 41.3 Å². The highest BCUT2D eigenvalue weighted by atomic mass is 15.3. The molecule has 0 bridgehead atoms. The average Bonchev–Trinajstić information content (AvgIpc) is 3.01. The van der Waals surface area contributed by atoms with Crippen molar-refractivity contribution in [2.75, 3.05) is 13.1 Å². The van der Waals surface area contributed by atoms with Crippen molar-refractivity contribution in [3.63, 3.8) is 0 Å². The molecule has 17 heavy (non-hydrogen) atoms. The van der Waals surface area contributed by atoms with E-state index in [2.05, 4.69) is 24.2 Å². The van der Waals surface area contributed by atoms with Gasteiger partial charge in [-0.1, -0.05) is 19.8 Å². The summed E-state index contributed by atoms with van der Waals surface area (Å²) in [6.45, 7) is 7.22. The first-order valence-electron chi connectivity index (χ1n) is 7.42. The number of hydrogen-bond acceptors (Lipinski definition) is 3. The molecule has 1 saturated heterocycles. The van der Waals surface area contributed by atoms with Crippen molar-refractivity contribution in [2.45, 2.75) is 70.4 Å². The van der Waals surface area contributed by atoms with Crippen LogP contribution in [-0.2, 0) is 0 Å². The molecule has 2 atom stereocenters. The van der Waals surface area contributed by atoms with Crippen LogP contribution in [0.4, 0.5) is 0 Å². The molecule has 3 N–H and O–H groups in total. The second-order valence-electron chi connectivity index (χ2n) is 6.14. The van der Waals surface area contributed by atoms with Gasteiger partial charge in [-0.2, -0.15) is 0 Å². The lowest BCUT2D eigenvalue weighted by Crippen LogP contribution is -2.60. The normalized spacial score (nSPS) is 27.0. The summed E-state index contributed by atoms with van der Waals surface area (Å²) in [6, 6.07) is 0.450. The minimum atomic E-state index is 0.250. The molecule has 1 saturated carbocycles. The van der Waals surface area contributed by atoms with Gasteiger partial charge < -0.3 is 0 Å². The number of hydrogen-bond donors (Lipinski definition) is 2. The van der Waals surface area contributed by atoms with E-state index in [1.54, 1.807) is 0 Å². The predicted molar refractivity (Wildman–Crippen MR) is 72.6 cm³/mol. The van der Waals surface area contributed by atoms with E-state index in [0.29, 0.717) is 6.04 Å². The molecule has 0 radical (unpaired) electrons. The standard InChI is InChI=1S/C14H29N3/c1-3-14(2,17-10-4-5-11-17)13(16-15)9-8-12-6-7-12/h12-13,16H,3-11,15H2,1-2H3. The van der Waals surface area contributed by atoms with Gasteiger partial charge in [0, 0.05) is 11.6 Å². The molecule has 0 aromatic heterocycles. The average molecular weight is 239 g/mol. The molecule has 3 nitrogen and oxygen atoms in total. The lowest BCUT2D eigenvalue weighted by atomic mass is 9.84. The van der Waals surface area contributed by atoms with Crippen molar-refractivity contribution in [2.24, 2.45) is 11.8 Å². The molecule has 100 valence electrons. The molecule has 1 aliphatic carbocycles. The Morgan fingerprint density at radius 1 is 1.35 bits per heavy atom. The quantitative estimate of drug-likeness (QED) is 0.529. The van der Waals surface area contributed by atoms with Crippen molar-refractivity contribution < 1.29 is 0 Å². The summed E-state index contributed by atoms with van der Waals surface area (Å²) in [5.41, 5.74) is 3.36. The van der Waals surface area contributed by atoms with Gasteiger partial charge in [0.1, 0.15) is 0 Å². The minimum Gasteiger partial charge on any atom is -0.296 e. The fourth-order valence-electron chi connectivity index (χ4n) is 3.30. The Morgan fingerprint density at radius 3 is 2.47 bits per heavy atom. The Labute approximate surface area is 106 Å². The fourth-order valence-corrected chi connectivity index (χ4v) is 3.30. The maximum Gasteiger partial charge on any atom is 0.0392 e. The smallest absolute Gasteiger partial charge is 0.0392 e. The number of nitrogens with two attached hydrogens (primary N) is 1. The van der Waals surface area contributed by atoms with Gasteiger partial charge in [0.15, 0.2) is 0 Å². The first-order valence-corrected chi connectivity index (χ1v) is 7.42. The van der Waals surface area contributed by atoms with Crippen LogP contribution in [0.3, 0.4) is 0 Å². The molecule has 0 aromatic rings. The molecular formula is C14H29N3. The minimum absolute atomic E-state index is 0.250. The number of hydrazine groups is 1. The maximum atomic E-state index is 5.83. The molecule has 0 amide bonds. The summed E-state index contributed by atoms with van der Waals surface area (Å²) in [5, 5.41) is 0. The summed E-state index contributed by atoms with van der Waals surface area (Å²) in [7, 11) is 0. The van der Waals surface area contributed by atoms with E-state index in [1.165, 1.54) is 58.0 Å². The molecule has 0 spiro atoms. The van der Waals surface area contributed by atoms with E-state index in [9.17, 15) is 0 Å². The lowest BCUT2D eigenvalue weighted by Gasteiger charge is -2.44. The zero-order chi connectivity index (χ0) is 12.3. The van der Waals surface area contributed by atoms with Crippen molar-refractivity contribution in [1.29, 1.82) is 0 Å². The monoisotopic (exact) mass is 239 g/mol. The van der Waals surface area contributed by atoms with Crippen molar-refractivity contribution in [1.82, 2.24) is 10.3 Å². The second-order valence-corrected chi connectivity index (χ2v) is 6.14. The predicted octanol–water partition coefficient (Wildman–Crippen LogP) is 2.27. The van der Waals surface area contributed by atoms with Crippen LogP contribution in [-0.4, -0.2) is 29.6 Å². The summed E-state index contributed by atoms with van der Waals surface area (Å²) in [4.78, 5) is 2.66. The second kappa shape index (κ2) is 5.68. The molecule has 2 fully saturated rings.